The number of fused-ring (bicyclic) bond motifs is 3. The standard InChI is InChI=1S/C22H27FN4OS2/c1-27(15-7-3-2-4-8-15)12-6-11-24-18(28)13-29-22-21-20(25-14-26-22)19-16(23)9-5-10-17(19)30-21/h5,9-10,14-15H,2-4,6-8,11-13H2,1H3,(H,24,28). The van der Waals surface area contributed by atoms with Crippen molar-refractivity contribution in [2.75, 3.05) is 25.9 Å². The summed E-state index contributed by atoms with van der Waals surface area (Å²) in [6.07, 6.45) is 9.05. The van der Waals surface area contributed by atoms with E-state index in [0.717, 1.165) is 27.4 Å². The van der Waals surface area contributed by atoms with E-state index in [4.69, 9.17) is 0 Å². The van der Waals surface area contributed by atoms with Gasteiger partial charge >= 0.3 is 0 Å². The molecule has 2 aromatic heterocycles. The number of thioether (sulfide) groups is 1. The second-order valence-electron chi connectivity index (χ2n) is 7.84. The third-order valence-corrected chi connectivity index (χ3v) is 8.01. The van der Waals surface area contributed by atoms with Gasteiger partial charge in [-0.1, -0.05) is 37.1 Å². The lowest BCUT2D eigenvalue weighted by Crippen LogP contribution is -2.36. The Balaban J connectivity index is 1.27. The molecule has 0 radical (unpaired) electrons. The van der Waals surface area contributed by atoms with Gasteiger partial charge in [0.05, 0.1) is 21.4 Å². The van der Waals surface area contributed by atoms with Crippen LogP contribution < -0.4 is 5.32 Å². The van der Waals surface area contributed by atoms with Crippen molar-refractivity contribution in [2.45, 2.75) is 49.6 Å². The summed E-state index contributed by atoms with van der Waals surface area (Å²) in [7, 11) is 2.20. The zero-order valence-electron chi connectivity index (χ0n) is 17.2. The molecule has 1 saturated carbocycles. The molecule has 1 amide bonds. The summed E-state index contributed by atoms with van der Waals surface area (Å²) in [4.78, 5) is 23.3. The van der Waals surface area contributed by atoms with E-state index in [1.807, 2.05) is 6.07 Å². The number of nitrogens with zero attached hydrogens (tertiary/aromatic N) is 3. The fourth-order valence-electron chi connectivity index (χ4n) is 4.11. The minimum atomic E-state index is -0.274. The van der Waals surface area contributed by atoms with Crippen LogP contribution in [0, 0.1) is 5.82 Å². The first-order chi connectivity index (χ1) is 14.6. The van der Waals surface area contributed by atoms with Crippen LogP contribution in [0.2, 0.25) is 0 Å². The van der Waals surface area contributed by atoms with Crippen LogP contribution in [-0.2, 0) is 4.79 Å². The van der Waals surface area contributed by atoms with Gasteiger partial charge < -0.3 is 10.2 Å². The maximum absolute atomic E-state index is 14.2. The number of halogens is 1. The Hall–Kier alpha value is -1.77. The van der Waals surface area contributed by atoms with E-state index < -0.39 is 0 Å². The van der Waals surface area contributed by atoms with Crippen LogP contribution in [-0.4, -0.2) is 52.7 Å². The molecule has 3 aromatic rings. The fourth-order valence-corrected chi connectivity index (χ4v) is 6.18. The zero-order valence-corrected chi connectivity index (χ0v) is 18.8. The maximum Gasteiger partial charge on any atom is 0.230 e. The zero-order chi connectivity index (χ0) is 20.9. The number of rotatable bonds is 8. The molecule has 0 atom stereocenters. The Kier molecular flexibility index (Phi) is 7.17. The van der Waals surface area contributed by atoms with Crippen LogP contribution >= 0.6 is 23.1 Å². The molecule has 0 bridgehead atoms. The van der Waals surface area contributed by atoms with E-state index in [-0.39, 0.29) is 11.7 Å². The lowest BCUT2D eigenvalue weighted by Gasteiger charge is -2.31. The lowest BCUT2D eigenvalue weighted by molar-refractivity contribution is -0.118. The van der Waals surface area contributed by atoms with Gasteiger partial charge in [-0.25, -0.2) is 14.4 Å². The Morgan fingerprint density at radius 1 is 1.30 bits per heavy atom. The molecule has 2 heterocycles. The van der Waals surface area contributed by atoms with Crippen LogP contribution in [0.25, 0.3) is 20.3 Å². The van der Waals surface area contributed by atoms with Crippen molar-refractivity contribution in [3.8, 4) is 0 Å². The molecule has 1 aromatic carbocycles. The smallest absolute Gasteiger partial charge is 0.230 e. The molecule has 30 heavy (non-hydrogen) atoms. The van der Waals surface area contributed by atoms with Gasteiger partial charge in [0.25, 0.3) is 0 Å². The minimum absolute atomic E-state index is 0.000580. The van der Waals surface area contributed by atoms with Gasteiger partial charge in [0, 0.05) is 17.3 Å². The fraction of sp³-hybridized carbons (Fsp3) is 0.500. The number of nitrogens with one attached hydrogen (secondary N) is 1. The third-order valence-electron chi connectivity index (χ3n) is 5.74. The molecule has 160 valence electrons. The van der Waals surface area contributed by atoms with Crippen molar-refractivity contribution >= 4 is 49.3 Å². The number of hydrogen-bond acceptors (Lipinski definition) is 6. The second kappa shape index (κ2) is 10.0. The molecule has 1 fully saturated rings. The highest BCUT2D eigenvalue weighted by Gasteiger charge is 2.18. The Morgan fingerprint density at radius 2 is 2.13 bits per heavy atom. The number of thiophene rings is 1. The first kappa shape index (κ1) is 21.5. The van der Waals surface area contributed by atoms with Gasteiger partial charge in [0.1, 0.15) is 17.2 Å². The van der Waals surface area contributed by atoms with Crippen molar-refractivity contribution < 1.29 is 9.18 Å². The quantitative estimate of drug-likeness (QED) is 0.305. The summed E-state index contributed by atoms with van der Waals surface area (Å²) in [5, 5.41) is 4.27. The average Bonchev–Trinajstić information content (AvgIpc) is 3.16. The van der Waals surface area contributed by atoms with E-state index in [9.17, 15) is 9.18 Å². The number of benzene rings is 1. The summed E-state index contributed by atoms with van der Waals surface area (Å²) in [5.41, 5.74) is 0.622. The number of carbonyl (C=O) groups excluding carboxylic acids is 1. The highest BCUT2D eigenvalue weighted by molar-refractivity contribution is 8.00. The summed E-state index contributed by atoms with van der Waals surface area (Å²) in [5.74, 6) is 0.0186. The Bertz CT molecular complexity index is 1020. The molecule has 1 aliphatic carbocycles. The van der Waals surface area contributed by atoms with Gasteiger partial charge in [-0.2, -0.15) is 0 Å². The molecule has 1 N–H and O–H groups in total. The molecular weight excluding hydrogens is 419 g/mol. The SMILES string of the molecule is CN(CCCNC(=O)CSc1ncnc2c1sc1cccc(F)c12)C1CCCCC1. The topological polar surface area (TPSA) is 58.1 Å². The molecular formula is C22H27FN4OS2. The predicted molar refractivity (Wildman–Crippen MR) is 123 cm³/mol. The summed E-state index contributed by atoms with van der Waals surface area (Å²) < 4.78 is 15.9. The third kappa shape index (κ3) is 4.92. The highest BCUT2D eigenvalue weighted by atomic mass is 32.2. The summed E-state index contributed by atoms with van der Waals surface area (Å²) in [6.45, 7) is 1.70. The van der Waals surface area contributed by atoms with Crippen LogP contribution in [0.1, 0.15) is 38.5 Å². The van der Waals surface area contributed by atoms with Crippen molar-refractivity contribution in [3.05, 3.63) is 30.3 Å². The van der Waals surface area contributed by atoms with E-state index in [1.54, 1.807) is 6.07 Å². The molecule has 8 heteroatoms. The van der Waals surface area contributed by atoms with Gasteiger partial charge in [0.15, 0.2) is 0 Å². The van der Waals surface area contributed by atoms with E-state index in [0.29, 0.717) is 29.2 Å². The van der Waals surface area contributed by atoms with Crippen LogP contribution in [0.15, 0.2) is 29.6 Å². The summed E-state index contributed by atoms with van der Waals surface area (Å²) in [6, 6.07) is 5.74. The predicted octanol–water partition coefficient (Wildman–Crippen LogP) is 4.85. The van der Waals surface area contributed by atoms with Crippen LogP contribution in [0.5, 0.6) is 0 Å². The second-order valence-corrected chi connectivity index (χ2v) is 9.85. The monoisotopic (exact) mass is 446 g/mol. The molecule has 0 saturated heterocycles. The van der Waals surface area contributed by atoms with Gasteiger partial charge in [-0.05, 0) is 45.0 Å². The first-order valence-corrected chi connectivity index (χ1v) is 12.3. The van der Waals surface area contributed by atoms with E-state index >= 15 is 0 Å². The Labute approximate surface area is 184 Å². The Morgan fingerprint density at radius 3 is 2.97 bits per heavy atom. The molecule has 5 nitrogen and oxygen atoms in total. The lowest BCUT2D eigenvalue weighted by atomic mass is 9.94. The average molecular weight is 447 g/mol. The maximum atomic E-state index is 14.2. The van der Waals surface area contributed by atoms with E-state index in [2.05, 4.69) is 27.2 Å². The molecule has 0 spiro atoms. The van der Waals surface area contributed by atoms with Crippen molar-refractivity contribution in [1.29, 1.82) is 0 Å². The number of hydrogen-bond donors (Lipinski definition) is 1. The summed E-state index contributed by atoms with van der Waals surface area (Å²) >= 11 is 2.85. The number of carbonyl (C=O) groups is 1. The van der Waals surface area contributed by atoms with Crippen LogP contribution in [0.3, 0.4) is 0 Å². The first-order valence-electron chi connectivity index (χ1n) is 10.5. The van der Waals surface area contributed by atoms with Crippen molar-refractivity contribution in [1.82, 2.24) is 20.2 Å². The highest BCUT2D eigenvalue weighted by Crippen LogP contribution is 2.38. The van der Waals surface area contributed by atoms with E-state index in [1.165, 1.54) is 67.6 Å². The normalized spacial score (nSPS) is 15.3. The van der Waals surface area contributed by atoms with Gasteiger partial charge in [-0.15, -0.1) is 11.3 Å². The molecule has 1 aliphatic rings. The number of aromatic nitrogens is 2. The van der Waals surface area contributed by atoms with Crippen molar-refractivity contribution in [2.24, 2.45) is 0 Å². The van der Waals surface area contributed by atoms with Crippen molar-refractivity contribution in [3.63, 3.8) is 0 Å². The van der Waals surface area contributed by atoms with Gasteiger partial charge in [-0.3, -0.25) is 4.79 Å². The van der Waals surface area contributed by atoms with Crippen LogP contribution in [0.4, 0.5) is 4.39 Å². The largest absolute Gasteiger partial charge is 0.355 e. The molecule has 0 unspecified atom stereocenters. The van der Waals surface area contributed by atoms with Gasteiger partial charge in [0.2, 0.25) is 5.91 Å². The number of amides is 1. The minimum Gasteiger partial charge on any atom is -0.355 e. The molecule has 4 rings (SSSR count). The molecule has 0 aliphatic heterocycles.